The molecule has 4 rings (SSSR count). The van der Waals surface area contributed by atoms with Crippen LogP contribution >= 0.6 is 22.7 Å². The quantitative estimate of drug-likeness (QED) is 0.600. The van der Waals surface area contributed by atoms with E-state index in [2.05, 4.69) is 21.5 Å². The first-order valence-electron chi connectivity index (χ1n) is 4.23. The van der Waals surface area contributed by atoms with Crippen LogP contribution in [-0.2, 0) is 4.74 Å². The Labute approximate surface area is 83.6 Å². The molecule has 3 heterocycles. The van der Waals surface area contributed by atoms with Gasteiger partial charge >= 0.3 is 0 Å². The van der Waals surface area contributed by atoms with Crippen molar-refractivity contribution in [2.45, 2.75) is 12.2 Å². The van der Waals surface area contributed by atoms with Crippen LogP contribution in [0.2, 0.25) is 0 Å². The summed E-state index contributed by atoms with van der Waals surface area (Å²) in [5.41, 5.74) is 5.61. The lowest BCUT2D eigenvalue weighted by molar-refractivity contribution is 0.380. The zero-order valence-electron chi connectivity index (χ0n) is 6.69. The van der Waals surface area contributed by atoms with E-state index in [0.29, 0.717) is 12.2 Å². The standard InChI is InChI=1S/C10H6OS2/c1-5-6-2-13-4-8(6)10-9(11-10)7(5)3-12-1/h1-4,9-10H. The van der Waals surface area contributed by atoms with Crippen molar-refractivity contribution in [2.24, 2.45) is 0 Å². The molecule has 0 bridgehead atoms. The van der Waals surface area contributed by atoms with Gasteiger partial charge in [0.05, 0.1) is 0 Å². The summed E-state index contributed by atoms with van der Waals surface area (Å²) in [5, 5.41) is 8.92. The van der Waals surface area contributed by atoms with Crippen LogP contribution in [0.25, 0.3) is 11.1 Å². The molecule has 1 nitrogen and oxygen atoms in total. The maximum atomic E-state index is 5.66. The molecule has 0 spiro atoms. The minimum Gasteiger partial charge on any atom is -0.359 e. The number of thiophene rings is 2. The number of rotatable bonds is 0. The van der Waals surface area contributed by atoms with Crippen LogP contribution in [-0.4, -0.2) is 0 Å². The third-order valence-electron chi connectivity index (χ3n) is 2.78. The first kappa shape index (κ1) is 6.76. The molecule has 2 aliphatic rings. The summed E-state index contributed by atoms with van der Waals surface area (Å²) in [5.74, 6) is 0. The molecule has 0 amide bonds. The molecule has 13 heavy (non-hydrogen) atoms. The van der Waals surface area contributed by atoms with Gasteiger partial charge in [0.1, 0.15) is 12.2 Å². The number of hydrogen-bond acceptors (Lipinski definition) is 3. The summed E-state index contributed by atoms with van der Waals surface area (Å²) in [4.78, 5) is 0. The number of epoxide rings is 1. The minimum absolute atomic E-state index is 0.378. The van der Waals surface area contributed by atoms with E-state index in [4.69, 9.17) is 4.74 Å². The molecule has 1 aliphatic heterocycles. The Kier molecular flexibility index (Phi) is 1.07. The van der Waals surface area contributed by atoms with Crippen LogP contribution in [0.5, 0.6) is 0 Å². The molecule has 1 fully saturated rings. The lowest BCUT2D eigenvalue weighted by atomic mass is 9.92. The molecule has 2 atom stereocenters. The van der Waals surface area contributed by atoms with E-state index in [1.165, 1.54) is 22.3 Å². The molecule has 0 saturated carbocycles. The van der Waals surface area contributed by atoms with E-state index in [-0.39, 0.29) is 0 Å². The summed E-state index contributed by atoms with van der Waals surface area (Å²) < 4.78 is 5.66. The second-order valence-electron chi connectivity index (χ2n) is 3.46. The van der Waals surface area contributed by atoms with Gasteiger partial charge in [0, 0.05) is 11.1 Å². The molecule has 0 radical (unpaired) electrons. The van der Waals surface area contributed by atoms with Gasteiger partial charge < -0.3 is 4.74 Å². The van der Waals surface area contributed by atoms with E-state index in [0.717, 1.165) is 0 Å². The summed E-state index contributed by atoms with van der Waals surface area (Å²) in [6.45, 7) is 0. The maximum absolute atomic E-state index is 5.66. The van der Waals surface area contributed by atoms with Gasteiger partial charge in [-0.2, -0.15) is 22.7 Å². The van der Waals surface area contributed by atoms with Crippen molar-refractivity contribution in [1.29, 1.82) is 0 Å². The smallest absolute Gasteiger partial charge is 0.115 e. The van der Waals surface area contributed by atoms with Gasteiger partial charge in [-0.25, -0.2) is 0 Å². The van der Waals surface area contributed by atoms with Gasteiger partial charge in [-0.15, -0.1) is 0 Å². The Balaban J connectivity index is 2.13. The third-order valence-corrected chi connectivity index (χ3v) is 4.30. The Bertz CT molecular complexity index is 438. The van der Waals surface area contributed by atoms with Gasteiger partial charge in [0.2, 0.25) is 0 Å². The fraction of sp³-hybridized carbons (Fsp3) is 0.200. The van der Waals surface area contributed by atoms with Crippen LogP contribution in [0.3, 0.4) is 0 Å². The molecule has 3 heteroatoms. The topological polar surface area (TPSA) is 12.5 Å². The highest BCUT2D eigenvalue weighted by Crippen LogP contribution is 2.60. The highest BCUT2D eigenvalue weighted by molar-refractivity contribution is 7.09. The van der Waals surface area contributed by atoms with Crippen molar-refractivity contribution in [3.05, 3.63) is 32.6 Å². The zero-order valence-corrected chi connectivity index (χ0v) is 8.32. The fourth-order valence-corrected chi connectivity index (χ4v) is 3.83. The van der Waals surface area contributed by atoms with E-state index in [1.807, 2.05) is 0 Å². The lowest BCUT2D eigenvalue weighted by Gasteiger charge is -2.06. The monoisotopic (exact) mass is 206 g/mol. The molecule has 2 aromatic rings. The molecule has 2 unspecified atom stereocenters. The first-order valence-corrected chi connectivity index (χ1v) is 6.12. The second kappa shape index (κ2) is 2.05. The van der Waals surface area contributed by atoms with Crippen molar-refractivity contribution < 1.29 is 4.74 Å². The lowest BCUT2D eigenvalue weighted by Crippen LogP contribution is -1.92. The molecular formula is C10H6OS2. The molecular weight excluding hydrogens is 200 g/mol. The predicted molar refractivity (Wildman–Crippen MR) is 54.2 cm³/mol. The van der Waals surface area contributed by atoms with Crippen LogP contribution in [0.4, 0.5) is 0 Å². The number of fused-ring (bicyclic) bond motifs is 6. The van der Waals surface area contributed by atoms with E-state index in [1.54, 1.807) is 22.7 Å². The Morgan fingerprint density at radius 1 is 0.846 bits per heavy atom. The molecule has 1 aliphatic carbocycles. The summed E-state index contributed by atoms with van der Waals surface area (Å²) in [7, 11) is 0. The van der Waals surface area contributed by atoms with Crippen LogP contribution in [0.15, 0.2) is 21.5 Å². The van der Waals surface area contributed by atoms with Gasteiger partial charge in [0.15, 0.2) is 0 Å². The van der Waals surface area contributed by atoms with Gasteiger partial charge in [-0.1, -0.05) is 0 Å². The first-order chi connectivity index (χ1) is 6.45. The Hall–Kier alpha value is -0.640. The molecule has 1 saturated heterocycles. The van der Waals surface area contributed by atoms with Crippen LogP contribution < -0.4 is 0 Å². The summed E-state index contributed by atoms with van der Waals surface area (Å²) in [6.07, 6.45) is 0.756. The second-order valence-corrected chi connectivity index (χ2v) is 4.95. The normalized spacial score (nSPS) is 27.7. The van der Waals surface area contributed by atoms with Crippen LogP contribution in [0.1, 0.15) is 23.3 Å². The average molecular weight is 206 g/mol. The van der Waals surface area contributed by atoms with Gasteiger partial charge in [-0.05, 0) is 32.6 Å². The van der Waals surface area contributed by atoms with Crippen molar-refractivity contribution >= 4 is 22.7 Å². The van der Waals surface area contributed by atoms with E-state index < -0.39 is 0 Å². The molecule has 2 aromatic heterocycles. The zero-order chi connectivity index (χ0) is 8.41. The summed E-state index contributed by atoms with van der Waals surface area (Å²) >= 11 is 3.55. The Morgan fingerprint density at radius 3 is 1.92 bits per heavy atom. The largest absolute Gasteiger partial charge is 0.359 e. The summed E-state index contributed by atoms with van der Waals surface area (Å²) in [6, 6.07) is 0. The van der Waals surface area contributed by atoms with E-state index >= 15 is 0 Å². The fourth-order valence-electron chi connectivity index (χ4n) is 2.08. The van der Waals surface area contributed by atoms with E-state index in [9.17, 15) is 0 Å². The minimum atomic E-state index is 0.378. The van der Waals surface area contributed by atoms with Gasteiger partial charge in [0.25, 0.3) is 0 Å². The number of hydrogen-bond donors (Lipinski definition) is 0. The number of ether oxygens (including phenoxy) is 1. The van der Waals surface area contributed by atoms with Gasteiger partial charge in [-0.3, -0.25) is 0 Å². The van der Waals surface area contributed by atoms with Crippen molar-refractivity contribution in [2.75, 3.05) is 0 Å². The SMILES string of the molecule is c1scc2c1-c1cscc1C1OC21. The molecule has 0 aromatic carbocycles. The highest BCUT2D eigenvalue weighted by Gasteiger charge is 2.48. The van der Waals surface area contributed by atoms with Crippen molar-refractivity contribution in [3.8, 4) is 11.1 Å². The third kappa shape index (κ3) is 0.713. The highest BCUT2D eigenvalue weighted by atomic mass is 32.1. The molecule has 64 valence electrons. The maximum Gasteiger partial charge on any atom is 0.115 e. The van der Waals surface area contributed by atoms with Crippen molar-refractivity contribution in [3.63, 3.8) is 0 Å². The predicted octanol–water partition coefficient (Wildman–Crippen LogP) is 3.60. The van der Waals surface area contributed by atoms with Crippen molar-refractivity contribution in [1.82, 2.24) is 0 Å². The molecule has 0 N–H and O–H groups in total. The van der Waals surface area contributed by atoms with Crippen LogP contribution in [0, 0.1) is 0 Å². The average Bonchev–Trinajstić information content (AvgIpc) is 2.67. The Morgan fingerprint density at radius 2 is 1.38 bits per heavy atom.